The fourth-order valence-corrected chi connectivity index (χ4v) is 5.35. The molecule has 2 fully saturated rings. The molecule has 0 bridgehead atoms. The lowest BCUT2D eigenvalue weighted by Gasteiger charge is -2.42. The Morgan fingerprint density at radius 2 is 2.14 bits per heavy atom. The van der Waals surface area contributed by atoms with Crippen LogP contribution in [0, 0.1) is 5.41 Å². The Balaban J connectivity index is 1.39. The van der Waals surface area contributed by atoms with Crippen LogP contribution in [0.15, 0.2) is 33.1 Å². The predicted octanol–water partition coefficient (Wildman–Crippen LogP) is 2.60. The Kier molecular flexibility index (Phi) is 5.99. The zero-order valence-electron chi connectivity index (χ0n) is 16.5. The summed E-state index contributed by atoms with van der Waals surface area (Å²) >= 11 is 7.64. The van der Waals surface area contributed by atoms with Crippen molar-refractivity contribution < 1.29 is 14.3 Å². The van der Waals surface area contributed by atoms with Crippen LogP contribution in [0.2, 0.25) is 5.02 Å². The molecule has 3 aliphatic rings. The first-order chi connectivity index (χ1) is 13.9. The first-order valence-electron chi connectivity index (χ1n) is 9.71. The summed E-state index contributed by atoms with van der Waals surface area (Å²) in [5, 5.41) is 1.02. The summed E-state index contributed by atoms with van der Waals surface area (Å²) < 4.78 is 11.0. The number of hydrogen-bond acceptors (Lipinski definition) is 7. The van der Waals surface area contributed by atoms with E-state index in [4.69, 9.17) is 26.8 Å². The molecule has 4 rings (SSSR count). The molecule has 1 aromatic rings. The number of aliphatic imine (C=N–C) groups is 2. The molecular weight excluding hydrogens is 412 g/mol. The third-order valence-corrected chi connectivity index (χ3v) is 7.58. The average Bonchev–Trinajstić information content (AvgIpc) is 2.99. The summed E-state index contributed by atoms with van der Waals surface area (Å²) in [6.45, 7) is 4.25. The summed E-state index contributed by atoms with van der Waals surface area (Å²) in [6, 6.07) is 5.54. The highest BCUT2D eigenvalue weighted by molar-refractivity contribution is 8.15. The Labute approximate surface area is 179 Å². The van der Waals surface area contributed by atoms with Gasteiger partial charge in [-0.2, -0.15) is 0 Å². The lowest BCUT2D eigenvalue weighted by atomic mass is 9.73. The molecule has 7 nitrogen and oxygen atoms in total. The van der Waals surface area contributed by atoms with Gasteiger partial charge in [0.2, 0.25) is 0 Å². The normalized spacial score (nSPS) is 29.3. The van der Waals surface area contributed by atoms with E-state index in [9.17, 15) is 4.79 Å². The second kappa shape index (κ2) is 8.35. The maximum atomic E-state index is 12.7. The number of hydrogen-bond donors (Lipinski definition) is 1. The number of nitrogens with two attached hydrogens (primary N) is 1. The number of nitrogens with zero attached hydrogens (tertiary/aromatic N) is 3. The van der Waals surface area contributed by atoms with Gasteiger partial charge in [0.1, 0.15) is 10.8 Å². The first kappa shape index (κ1) is 20.8. The second-order valence-corrected chi connectivity index (χ2v) is 9.20. The molecule has 2 saturated heterocycles. The van der Waals surface area contributed by atoms with Crippen LogP contribution in [-0.4, -0.2) is 67.2 Å². The number of carbonyl (C=O) groups excluding carboxylic acids is 1. The SMILES string of the molecule is COc1cccc(SC2=NC(=O)C(N3CCC4(CC3)CO[C@@H](C)[C@H]4N)N=C2)c1Cl. The van der Waals surface area contributed by atoms with Gasteiger partial charge in [-0.3, -0.25) is 14.7 Å². The Bertz CT molecular complexity index is 854. The van der Waals surface area contributed by atoms with Gasteiger partial charge in [-0.05, 0) is 31.9 Å². The summed E-state index contributed by atoms with van der Waals surface area (Å²) in [7, 11) is 1.57. The van der Waals surface area contributed by atoms with Crippen LogP contribution in [0.3, 0.4) is 0 Å². The fraction of sp³-hybridized carbons (Fsp3) is 0.550. The van der Waals surface area contributed by atoms with E-state index in [0.29, 0.717) is 22.4 Å². The molecule has 1 aromatic carbocycles. The summed E-state index contributed by atoms with van der Waals surface area (Å²) in [5.41, 5.74) is 6.40. The molecule has 156 valence electrons. The third-order valence-electron chi connectivity index (χ3n) is 6.12. The van der Waals surface area contributed by atoms with Gasteiger partial charge in [-0.1, -0.05) is 29.4 Å². The lowest BCUT2D eigenvalue weighted by Crippen LogP contribution is -2.53. The molecule has 0 radical (unpaired) electrons. The minimum absolute atomic E-state index is 0.0186. The number of ether oxygens (including phenoxy) is 2. The zero-order chi connectivity index (χ0) is 20.6. The molecule has 3 heterocycles. The number of rotatable bonds is 3. The van der Waals surface area contributed by atoms with Gasteiger partial charge in [0, 0.05) is 29.4 Å². The second-order valence-electron chi connectivity index (χ2n) is 7.75. The van der Waals surface area contributed by atoms with Gasteiger partial charge in [-0.25, -0.2) is 4.99 Å². The third kappa shape index (κ3) is 3.96. The Morgan fingerprint density at radius 1 is 1.38 bits per heavy atom. The highest BCUT2D eigenvalue weighted by Crippen LogP contribution is 2.42. The van der Waals surface area contributed by atoms with Crippen LogP contribution in [0.5, 0.6) is 5.75 Å². The number of likely N-dealkylation sites (tertiary alicyclic amines) is 1. The Morgan fingerprint density at radius 3 is 2.76 bits per heavy atom. The molecule has 0 saturated carbocycles. The van der Waals surface area contributed by atoms with Crippen LogP contribution < -0.4 is 10.5 Å². The largest absolute Gasteiger partial charge is 0.495 e. The molecule has 3 atom stereocenters. The van der Waals surface area contributed by atoms with Gasteiger partial charge >= 0.3 is 0 Å². The van der Waals surface area contributed by atoms with Crippen LogP contribution in [0.1, 0.15) is 19.8 Å². The van der Waals surface area contributed by atoms with E-state index >= 15 is 0 Å². The fourth-order valence-electron chi connectivity index (χ4n) is 4.22. The van der Waals surface area contributed by atoms with E-state index in [1.165, 1.54) is 11.8 Å². The maximum Gasteiger partial charge on any atom is 0.286 e. The molecule has 3 aliphatic heterocycles. The van der Waals surface area contributed by atoms with E-state index in [2.05, 4.69) is 14.9 Å². The molecule has 1 unspecified atom stereocenters. The summed E-state index contributed by atoms with van der Waals surface area (Å²) in [6.07, 6.45) is 2.99. The van der Waals surface area contributed by atoms with Crippen molar-refractivity contribution in [3.05, 3.63) is 23.2 Å². The van der Waals surface area contributed by atoms with Crippen molar-refractivity contribution >= 4 is 40.5 Å². The van der Waals surface area contributed by atoms with E-state index in [1.807, 2.05) is 19.1 Å². The minimum Gasteiger partial charge on any atom is -0.495 e. The highest BCUT2D eigenvalue weighted by Gasteiger charge is 2.48. The molecule has 2 N–H and O–H groups in total. The first-order valence-corrected chi connectivity index (χ1v) is 10.9. The molecule has 1 spiro atoms. The van der Waals surface area contributed by atoms with Crippen molar-refractivity contribution in [2.45, 2.75) is 43.0 Å². The lowest BCUT2D eigenvalue weighted by molar-refractivity contribution is -0.123. The number of carbonyl (C=O) groups is 1. The van der Waals surface area contributed by atoms with Crippen LogP contribution in [0.25, 0.3) is 0 Å². The van der Waals surface area contributed by atoms with Gasteiger partial charge < -0.3 is 15.2 Å². The Hall–Kier alpha value is -1.45. The van der Waals surface area contributed by atoms with Crippen molar-refractivity contribution in [3.63, 3.8) is 0 Å². The molecule has 1 amide bonds. The minimum atomic E-state index is -0.562. The van der Waals surface area contributed by atoms with Crippen LogP contribution in [-0.2, 0) is 9.53 Å². The van der Waals surface area contributed by atoms with E-state index in [0.717, 1.165) is 30.8 Å². The van der Waals surface area contributed by atoms with Gasteiger partial charge in [0.15, 0.2) is 6.17 Å². The zero-order valence-corrected chi connectivity index (χ0v) is 18.1. The highest BCUT2D eigenvalue weighted by atomic mass is 35.5. The molecule has 29 heavy (non-hydrogen) atoms. The van der Waals surface area contributed by atoms with Crippen molar-refractivity contribution in [3.8, 4) is 5.75 Å². The number of halogens is 1. The number of piperidine rings is 1. The quantitative estimate of drug-likeness (QED) is 0.783. The summed E-state index contributed by atoms with van der Waals surface area (Å²) in [5.74, 6) is 0.338. The van der Waals surface area contributed by atoms with E-state index in [-0.39, 0.29) is 23.5 Å². The molecule has 9 heteroatoms. The molecule has 0 aromatic heterocycles. The number of thioether (sulfide) groups is 1. The number of benzene rings is 1. The monoisotopic (exact) mass is 436 g/mol. The van der Waals surface area contributed by atoms with E-state index < -0.39 is 6.17 Å². The maximum absolute atomic E-state index is 12.7. The van der Waals surface area contributed by atoms with Gasteiger partial charge in [0.05, 0.1) is 31.1 Å². The van der Waals surface area contributed by atoms with Gasteiger partial charge in [0.25, 0.3) is 5.91 Å². The van der Waals surface area contributed by atoms with Crippen molar-refractivity contribution in [1.82, 2.24) is 4.90 Å². The van der Waals surface area contributed by atoms with Crippen molar-refractivity contribution in [2.24, 2.45) is 21.1 Å². The van der Waals surface area contributed by atoms with Crippen LogP contribution >= 0.6 is 23.4 Å². The number of methoxy groups -OCH3 is 1. The average molecular weight is 437 g/mol. The smallest absolute Gasteiger partial charge is 0.286 e. The number of amides is 1. The van der Waals surface area contributed by atoms with Crippen molar-refractivity contribution in [1.29, 1.82) is 0 Å². The standard InChI is InChI=1S/C20H25ClN4O3S/c1-12-17(22)20(11-28-12)6-8-25(9-7-20)18-19(26)24-15(10-23-18)29-14-5-3-4-13(27-2)16(14)21/h3-5,10,12,17-18H,6-9,11,22H2,1-2H3/t12-,17+,18?/m0/s1. The molecular formula is C20H25ClN4O3S. The van der Waals surface area contributed by atoms with E-state index in [1.54, 1.807) is 19.4 Å². The topological polar surface area (TPSA) is 89.5 Å². The predicted molar refractivity (Wildman–Crippen MR) is 115 cm³/mol. The van der Waals surface area contributed by atoms with Crippen LogP contribution in [0.4, 0.5) is 0 Å². The van der Waals surface area contributed by atoms with Gasteiger partial charge in [-0.15, -0.1) is 0 Å². The summed E-state index contributed by atoms with van der Waals surface area (Å²) in [4.78, 5) is 24.3. The van der Waals surface area contributed by atoms with Crippen molar-refractivity contribution in [2.75, 3.05) is 26.8 Å². The molecule has 0 aliphatic carbocycles.